The molecule has 1 saturated heterocycles. The molecule has 3 aliphatic rings. The zero-order valence-corrected chi connectivity index (χ0v) is 21.8. The average Bonchev–Trinajstić information content (AvgIpc) is 3.38. The minimum Gasteiger partial charge on any atom is -0.508 e. The maximum absolute atomic E-state index is 14.1. The van der Waals surface area contributed by atoms with Crippen LogP contribution in [0.15, 0.2) is 54.7 Å². The summed E-state index contributed by atoms with van der Waals surface area (Å²) in [4.78, 5) is 45.3. The van der Waals surface area contributed by atoms with Gasteiger partial charge >= 0.3 is 0 Å². The number of phenolic OH excluding ortho intramolecular Hbond substituents is 1. The normalized spacial score (nSPS) is 22.9. The Kier molecular flexibility index (Phi) is 5.71. The van der Waals surface area contributed by atoms with Gasteiger partial charge in [0.2, 0.25) is 17.7 Å². The number of nitrogens with zero attached hydrogens (tertiary/aromatic N) is 2. The van der Waals surface area contributed by atoms with Crippen LogP contribution in [0.4, 0.5) is 15.9 Å². The van der Waals surface area contributed by atoms with E-state index in [0.717, 1.165) is 22.8 Å². The molecule has 3 N–H and O–H groups in total. The number of phenols is 1. The molecule has 1 aliphatic carbocycles. The second kappa shape index (κ2) is 8.90. The van der Waals surface area contributed by atoms with Crippen LogP contribution in [-0.2, 0) is 32.6 Å². The number of hydrogen-bond donors (Lipinski definition) is 3. The van der Waals surface area contributed by atoms with Gasteiger partial charge in [-0.05, 0) is 72.7 Å². The predicted molar refractivity (Wildman–Crippen MR) is 143 cm³/mol. The number of aromatic hydroxyl groups is 1. The SMILES string of the molecule is CC1(C)CCC(c2cc(O)cc(F)c2)N(CC(=O)Nc2ccc3c(c2)CC2(C3)C(=O)Nc3ncccc32)C1=O. The lowest BCUT2D eigenvalue weighted by atomic mass is 9.78. The van der Waals surface area contributed by atoms with Crippen LogP contribution in [0.2, 0.25) is 0 Å². The quantitative estimate of drug-likeness (QED) is 0.469. The molecule has 3 heterocycles. The van der Waals surface area contributed by atoms with Gasteiger partial charge in [0.05, 0.1) is 11.5 Å². The lowest BCUT2D eigenvalue weighted by Crippen LogP contribution is -2.50. The van der Waals surface area contributed by atoms with Gasteiger partial charge < -0.3 is 20.6 Å². The molecule has 39 heavy (non-hydrogen) atoms. The van der Waals surface area contributed by atoms with E-state index in [-0.39, 0.29) is 30.0 Å². The van der Waals surface area contributed by atoms with Crippen LogP contribution in [0.5, 0.6) is 5.75 Å². The first kappa shape index (κ1) is 25.0. The van der Waals surface area contributed by atoms with Gasteiger partial charge in [0.25, 0.3) is 0 Å². The van der Waals surface area contributed by atoms with Crippen LogP contribution in [-0.4, -0.2) is 39.3 Å². The average molecular weight is 529 g/mol. The van der Waals surface area contributed by atoms with Gasteiger partial charge in [-0.3, -0.25) is 14.4 Å². The van der Waals surface area contributed by atoms with Crippen molar-refractivity contribution in [2.45, 2.75) is 51.0 Å². The molecule has 1 fully saturated rings. The molecular formula is C30H29FN4O4. The van der Waals surface area contributed by atoms with Gasteiger partial charge in [-0.2, -0.15) is 0 Å². The number of anilines is 2. The second-order valence-electron chi connectivity index (χ2n) is 11.4. The predicted octanol–water partition coefficient (Wildman–Crippen LogP) is 4.24. The van der Waals surface area contributed by atoms with Crippen LogP contribution >= 0.6 is 0 Å². The standard InChI is InChI=1S/C30H29FN4O4/c1-29(2)8-7-24(18-10-20(31)13-22(36)12-18)35(28(29)39)16-25(37)33-21-6-5-17-14-30(15-19(17)11-21)23-4-3-9-32-26(23)34-27(30)38/h3-6,9-13,24,36H,7-8,14-16H2,1-2H3,(H,33,37)(H,32,34,38). The topological polar surface area (TPSA) is 112 Å². The minimum absolute atomic E-state index is 0.0707. The molecule has 0 radical (unpaired) electrons. The van der Waals surface area contributed by atoms with Gasteiger partial charge in [-0.15, -0.1) is 0 Å². The molecule has 6 rings (SSSR count). The summed E-state index contributed by atoms with van der Waals surface area (Å²) in [5.41, 5.74) is 2.56. The minimum atomic E-state index is -0.704. The van der Waals surface area contributed by atoms with Crippen molar-refractivity contribution < 1.29 is 23.9 Å². The van der Waals surface area contributed by atoms with Gasteiger partial charge in [0, 0.05) is 28.9 Å². The summed E-state index contributed by atoms with van der Waals surface area (Å²) in [5.74, 6) is -0.882. The molecule has 3 aromatic rings. The lowest BCUT2D eigenvalue weighted by Gasteiger charge is -2.43. The highest BCUT2D eigenvalue weighted by Gasteiger charge is 2.51. The molecule has 3 amide bonds. The van der Waals surface area contributed by atoms with Crippen molar-refractivity contribution in [1.29, 1.82) is 0 Å². The van der Waals surface area contributed by atoms with Crippen molar-refractivity contribution in [3.63, 3.8) is 0 Å². The van der Waals surface area contributed by atoms with Crippen molar-refractivity contribution in [2.24, 2.45) is 5.41 Å². The summed E-state index contributed by atoms with van der Waals surface area (Å²) < 4.78 is 14.1. The van der Waals surface area contributed by atoms with E-state index in [0.29, 0.717) is 42.8 Å². The molecule has 2 aromatic carbocycles. The zero-order valence-electron chi connectivity index (χ0n) is 21.8. The van der Waals surface area contributed by atoms with E-state index >= 15 is 0 Å². The summed E-state index contributed by atoms with van der Waals surface area (Å²) in [7, 11) is 0. The number of carbonyl (C=O) groups excluding carboxylic acids is 3. The maximum Gasteiger partial charge on any atom is 0.244 e. The molecule has 200 valence electrons. The number of rotatable bonds is 4. The third-order valence-corrected chi connectivity index (χ3v) is 8.33. The molecule has 2 atom stereocenters. The van der Waals surface area contributed by atoms with E-state index < -0.39 is 22.7 Å². The Labute approximate surface area is 225 Å². The molecule has 2 unspecified atom stereocenters. The van der Waals surface area contributed by atoms with Gasteiger partial charge in [0.15, 0.2) is 0 Å². The third-order valence-electron chi connectivity index (χ3n) is 8.33. The maximum atomic E-state index is 14.1. The van der Waals surface area contributed by atoms with Crippen LogP contribution in [0, 0.1) is 11.2 Å². The van der Waals surface area contributed by atoms with E-state index in [1.807, 2.05) is 38.1 Å². The Balaban J connectivity index is 1.22. The number of amides is 3. The number of likely N-dealkylation sites (tertiary alicyclic amines) is 1. The van der Waals surface area contributed by atoms with Crippen LogP contribution < -0.4 is 10.6 Å². The third kappa shape index (κ3) is 4.22. The Bertz CT molecular complexity index is 1520. The molecule has 1 spiro atoms. The molecule has 1 aromatic heterocycles. The van der Waals surface area contributed by atoms with Crippen LogP contribution in [0.3, 0.4) is 0 Å². The number of piperidine rings is 1. The molecule has 0 saturated carbocycles. The Hall–Kier alpha value is -4.27. The molecule has 8 nitrogen and oxygen atoms in total. The van der Waals surface area contributed by atoms with E-state index in [9.17, 15) is 23.9 Å². The van der Waals surface area contributed by atoms with Gasteiger partial charge in [0.1, 0.15) is 23.9 Å². The molecular weight excluding hydrogens is 499 g/mol. The fourth-order valence-corrected chi connectivity index (χ4v) is 6.31. The Morgan fingerprint density at radius 1 is 1.15 bits per heavy atom. The highest BCUT2D eigenvalue weighted by atomic mass is 19.1. The van der Waals surface area contributed by atoms with Crippen molar-refractivity contribution in [2.75, 3.05) is 17.2 Å². The number of benzene rings is 2. The number of pyridine rings is 1. The van der Waals surface area contributed by atoms with Crippen molar-refractivity contribution in [3.05, 3.63) is 82.8 Å². The van der Waals surface area contributed by atoms with E-state index in [2.05, 4.69) is 15.6 Å². The number of carbonyl (C=O) groups is 3. The fourth-order valence-electron chi connectivity index (χ4n) is 6.31. The summed E-state index contributed by atoms with van der Waals surface area (Å²) in [6.45, 7) is 3.46. The number of halogens is 1. The van der Waals surface area contributed by atoms with Crippen molar-refractivity contribution >= 4 is 29.2 Å². The van der Waals surface area contributed by atoms with Crippen LogP contribution in [0.1, 0.15) is 55.0 Å². The summed E-state index contributed by atoms with van der Waals surface area (Å²) in [5, 5.41) is 15.7. The summed E-state index contributed by atoms with van der Waals surface area (Å²) >= 11 is 0. The highest BCUT2D eigenvalue weighted by Crippen LogP contribution is 2.47. The second-order valence-corrected chi connectivity index (χ2v) is 11.4. The fraction of sp³-hybridized carbons (Fsp3) is 0.333. The van der Waals surface area contributed by atoms with Crippen molar-refractivity contribution in [1.82, 2.24) is 9.88 Å². The number of hydrogen-bond acceptors (Lipinski definition) is 5. The number of nitrogens with one attached hydrogen (secondary N) is 2. The van der Waals surface area contributed by atoms with Gasteiger partial charge in [-0.25, -0.2) is 9.37 Å². The van der Waals surface area contributed by atoms with Gasteiger partial charge in [-0.1, -0.05) is 26.0 Å². The van der Waals surface area contributed by atoms with Crippen LogP contribution in [0.25, 0.3) is 0 Å². The number of fused-ring (bicyclic) bond motifs is 3. The first-order valence-electron chi connectivity index (χ1n) is 13.0. The summed E-state index contributed by atoms with van der Waals surface area (Å²) in [6, 6.07) is 12.6. The molecule has 9 heteroatoms. The Morgan fingerprint density at radius 3 is 2.74 bits per heavy atom. The highest BCUT2D eigenvalue weighted by molar-refractivity contribution is 6.06. The molecule has 2 aliphatic heterocycles. The lowest BCUT2D eigenvalue weighted by molar-refractivity contribution is -0.150. The zero-order chi connectivity index (χ0) is 27.5. The first-order valence-corrected chi connectivity index (χ1v) is 13.0. The van der Waals surface area contributed by atoms with E-state index in [4.69, 9.17) is 0 Å². The molecule has 0 bridgehead atoms. The summed E-state index contributed by atoms with van der Waals surface area (Å²) in [6.07, 6.45) is 3.82. The smallest absolute Gasteiger partial charge is 0.244 e. The van der Waals surface area contributed by atoms with E-state index in [1.54, 1.807) is 12.3 Å². The van der Waals surface area contributed by atoms with E-state index in [1.165, 1.54) is 17.0 Å². The largest absolute Gasteiger partial charge is 0.508 e. The van der Waals surface area contributed by atoms with Crippen molar-refractivity contribution in [3.8, 4) is 5.75 Å². The Morgan fingerprint density at radius 2 is 1.95 bits per heavy atom. The first-order chi connectivity index (χ1) is 18.6. The monoisotopic (exact) mass is 528 g/mol. The number of aromatic nitrogens is 1.